The van der Waals surface area contributed by atoms with Gasteiger partial charge in [0.2, 0.25) is 6.23 Å². The number of thiophene rings is 1. The van der Waals surface area contributed by atoms with Crippen LogP contribution in [0.3, 0.4) is 0 Å². The Morgan fingerprint density at radius 2 is 1.85 bits per heavy atom. The van der Waals surface area contributed by atoms with E-state index in [1.807, 2.05) is 6.07 Å². The van der Waals surface area contributed by atoms with Crippen molar-refractivity contribution >= 4 is 64.8 Å². The van der Waals surface area contributed by atoms with Gasteiger partial charge in [0.25, 0.3) is 0 Å². The van der Waals surface area contributed by atoms with Gasteiger partial charge < -0.3 is 4.74 Å². The second-order valence-corrected chi connectivity index (χ2v) is 10.1. The Balaban J connectivity index is 1.62. The third-order valence-corrected chi connectivity index (χ3v) is 7.25. The first kappa shape index (κ1) is 17.9. The average molecular weight is 569 g/mol. The van der Waals surface area contributed by atoms with Crippen molar-refractivity contribution < 1.29 is 4.74 Å². The first-order valence-corrected chi connectivity index (χ1v) is 11.7. The predicted octanol–water partition coefficient (Wildman–Crippen LogP) is 7.28. The highest BCUT2D eigenvalue weighted by atomic mass is 79.9. The molecule has 2 aliphatic rings. The van der Waals surface area contributed by atoms with Gasteiger partial charge in [0, 0.05) is 20.9 Å². The highest BCUT2D eigenvalue weighted by Gasteiger charge is 2.42. The minimum absolute atomic E-state index is 0.147. The summed E-state index contributed by atoms with van der Waals surface area (Å²) in [6, 6.07) is 16.8. The van der Waals surface area contributed by atoms with Crippen LogP contribution < -0.4 is 4.74 Å². The molecule has 0 spiro atoms. The van der Waals surface area contributed by atoms with Gasteiger partial charge in [0.15, 0.2) is 0 Å². The average Bonchev–Trinajstić information content (AvgIpc) is 3.32. The van der Waals surface area contributed by atoms with Crippen LogP contribution in [0.25, 0.3) is 0 Å². The van der Waals surface area contributed by atoms with Crippen molar-refractivity contribution in [1.82, 2.24) is 5.01 Å². The van der Waals surface area contributed by atoms with Crippen molar-refractivity contribution in [3.63, 3.8) is 0 Å². The van der Waals surface area contributed by atoms with Gasteiger partial charge in [-0.3, -0.25) is 0 Å². The van der Waals surface area contributed by atoms with Crippen LogP contribution in [0.15, 0.2) is 72.4 Å². The lowest BCUT2D eigenvalue weighted by atomic mass is 9.96. The molecule has 0 radical (unpaired) electrons. The van der Waals surface area contributed by atoms with E-state index in [0.29, 0.717) is 0 Å². The summed E-state index contributed by atoms with van der Waals surface area (Å²) in [5, 5.41) is 9.19. The van der Waals surface area contributed by atoms with E-state index >= 15 is 0 Å². The lowest BCUT2D eigenvalue weighted by molar-refractivity contribution is -0.0172. The Morgan fingerprint density at radius 1 is 1.04 bits per heavy atom. The molecule has 2 aromatic carbocycles. The van der Waals surface area contributed by atoms with Gasteiger partial charge in [0.1, 0.15) is 5.75 Å². The Bertz CT molecular complexity index is 1030. The molecule has 0 fully saturated rings. The Hall–Kier alpha value is -1.15. The van der Waals surface area contributed by atoms with Crippen LogP contribution in [0.5, 0.6) is 5.75 Å². The SMILES string of the molecule is Brc1ccc(C2=NN3C(C2)c2cc(Br)cc(Br)c2OC3c2cccs2)cc1. The summed E-state index contributed by atoms with van der Waals surface area (Å²) in [6.07, 6.45) is 0.635. The summed E-state index contributed by atoms with van der Waals surface area (Å²) in [6.45, 7) is 0. The van der Waals surface area contributed by atoms with Crippen LogP contribution in [0.1, 0.15) is 34.7 Å². The van der Waals surface area contributed by atoms with E-state index in [1.165, 1.54) is 0 Å². The number of ether oxygens (including phenoxy) is 1. The number of hydrogen-bond donors (Lipinski definition) is 0. The number of fused-ring (bicyclic) bond motifs is 3. The number of nitrogens with zero attached hydrogens (tertiary/aromatic N) is 2. The molecule has 0 saturated carbocycles. The van der Waals surface area contributed by atoms with Crippen molar-refractivity contribution in [3.8, 4) is 5.75 Å². The standard InChI is InChI=1S/C20H13Br3N2OS/c21-12-5-3-11(4-6-12)16-10-17-14-8-13(22)9-15(23)19(14)26-20(25(17)24-16)18-2-1-7-27-18/h1-9,17,20H,10H2. The fraction of sp³-hybridized carbons (Fsp3) is 0.150. The number of halogens is 3. The van der Waals surface area contributed by atoms with Crippen molar-refractivity contribution in [2.45, 2.75) is 18.7 Å². The zero-order valence-electron chi connectivity index (χ0n) is 13.9. The molecule has 5 rings (SSSR count). The lowest BCUT2D eigenvalue weighted by Gasteiger charge is -2.38. The van der Waals surface area contributed by atoms with Crippen molar-refractivity contribution in [2.24, 2.45) is 5.10 Å². The van der Waals surface area contributed by atoms with E-state index in [1.54, 1.807) is 11.3 Å². The normalized spacial score (nSPS) is 20.7. The lowest BCUT2D eigenvalue weighted by Crippen LogP contribution is -2.33. The molecule has 0 saturated heterocycles. The summed E-state index contributed by atoms with van der Waals surface area (Å²) in [5.41, 5.74) is 3.38. The summed E-state index contributed by atoms with van der Waals surface area (Å²) in [4.78, 5) is 1.15. The Morgan fingerprint density at radius 3 is 2.59 bits per heavy atom. The Labute approximate surface area is 186 Å². The molecule has 3 heterocycles. The largest absolute Gasteiger partial charge is 0.462 e. The number of benzene rings is 2. The third-order valence-electron chi connectivity index (χ3n) is 4.77. The topological polar surface area (TPSA) is 24.8 Å². The molecule has 3 nitrogen and oxygen atoms in total. The van der Waals surface area contributed by atoms with Gasteiger partial charge in [-0.1, -0.05) is 50.1 Å². The maximum Gasteiger partial charge on any atom is 0.223 e. The van der Waals surface area contributed by atoms with Crippen molar-refractivity contribution in [3.05, 3.63) is 83.3 Å². The molecule has 0 bridgehead atoms. The molecular weight excluding hydrogens is 556 g/mol. The first-order chi connectivity index (χ1) is 13.1. The smallest absolute Gasteiger partial charge is 0.223 e. The molecule has 1 aromatic heterocycles. The Kier molecular flexibility index (Phi) is 4.66. The molecule has 0 aliphatic carbocycles. The highest BCUT2D eigenvalue weighted by molar-refractivity contribution is 9.11. The predicted molar refractivity (Wildman–Crippen MR) is 119 cm³/mol. The van der Waals surface area contributed by atoms with Gasteiger partial charge in [-0.2, -0.15) is 5.10 Å². The minimum Gasteiger partial charge on any atom is -0.462 e. The monoisotopic (exact) mass is 566 g/mol. The fourth-order valence-corrected chi connectivity index (χ4v) is 5.91. The molecule has 27 heavy (non-hydrogen) atoms. The quantitative estimate of drug-likeness (QED) is 0.324. The van der Waals surface area contributed by atoms with Gasteiger partial charge in [0.05, 0.1) is 21.1 Å². The zero-order valence-corrected chi connectivity index (χ0v) is 19.5. The summed E-state index contributed by atoms with van der Waals surface area (Å²) in [5.74, 6) is 0.908. The van der Waals surface area contributed by atoms with E-state index in [0.717, 1.165) is 47.3 Å². The second-order valence-electron chi connectivity index (χ2n) is 6.45. The maximum absolute atomic E-state index is 6.43. The van der Waals surface area contributed by atoms with Crippen molar-refractivity contribution in [2.75, 3.05) is 0 Å². The van der Waals surface area contributed by atoms with Gasteiger partial charge in [-0.25, -0.2) is 5.01 Å². The van der Waals surface area contributed by atoms with E-state index in [9.17, 15) is 0 Å². The number of hydrazone groups is 1. The third kappa shape index (κ3) is 3.18. The van der Waals surface area contributed by atoms with Crippen LogP contribution >= 0.6 is 59.1 Å². The summed E-state index contributed by atoms with van der Waals surface area (Å²) in [7, 11) is 0. The van der Waals surface area contributed by atoms with Crippen LogP contribution in [-0.4, -0.2) is 10.7 Å². The van der Waals surface area contributed by atoms with E-state index in [2.05, 4.69) is 101 Å². The van der Waals surface area contributed by atoms with Crippen LogP contribution in [-0.2, 0) is 0 Å². The summed E-state index contributed by atoms with van der Waals surface area (Å²) >= 11 is 12.5. The molecule has 3 aromatic rings. The van der Waals surface area contributed by atoms with E-state index in [-0.39, 0.29) is 12.3 Å². The molecule has 0 amide bonds. The van der Waals surface area contributed by atoms with E-state index in [4.69, 9.17) is 9.84 Å². The molecule has 7 heteroatoms. The first-order valence-electron chi connectivity index (χ1n) is 8.41. The zero-order chi connectivity index (χ0) is 18.5. The van der Waals surface area contributed by atoms with Gasteiger partial charge in [-0.15, -0.1) is 11.3 Å². The van der Waals surface area contributed by atoms with Gasteiger partial charge in [-0.05, 0) is 57.2 Å². The van der Waals surface area contributed by atoms with Crippen molar-refractivity contribution in [1.29, 1.82) is 0 Å². The highest BCUT2D eigenvalue weighted by Crippen LogP contribution is 2.51. The number of hydrogen-bond acceptors (Lipinski definition) is 4. The maximum atomic E-state index is 6.43. The second kappa shape index (κ2) is 7.03. The molecule has 136 valence electrons. The van der Waals surface area contributed by atoms with Crippen LogP contribution in [0.4, 0.5) is 0 Å². The van der Waals surface area contributed by atoms with Gasteiger partial charge >= 0.3 is 0 Å². The number of rotatable bonds is 2. The minimum atomic E-state index is -0.215. The van der Waals surface area contributed by atoms with Crippen LogP contribution in [0, 0.1) is 0 Å². The molecular formula is C20H13Br3N2OS. The van der Waals surface area contributed by atoms with E-state index < -0.39 is 0 Å². The fourth-order valence-electron chi connectivity index (χ4n) is 3.55. The summed E-state index contributed by atoms with van der Waals surface area (Å²) < 4.78 is 9.50. The molecule has 2 unspecified atom stereocenters. The molecule has 0 N–H and O–H groups in total. The van der Waals surface area contributed by atoms with Crippen LogP contribution in [0.2, 0.25) is 0 Å². The molecule has 2 atom stereocenters. The molecule has 2 aliphatic heterocycles.